The summed E-state index contributed by atoms with van der Waals surface area (Å²) in [5.41, 5.74) is 0.460. The maximum absolute atomic E-state index is 11.9. The summed E-state index contributed by atoms with van der Waals surface area (Å²) in [6, 6.07) is 6.60. The van der Waals surface area contributed by atoms with Gasteiger partial charge in [0.15, 0.2) is 0 Å². The van der Waals surface area contributed by atoms with Crippen LogP contribution in [0.4, 0.5) is 13.2 Å². The third kappa shape index (κ3) is 7.90. The molecule has 0 fully saturated rings. The van der Waals surface area contributed by atoms with Crippen LogP contribution in [0.2, 0.25) is 0 Å². The first-order valence-electron chi connectivity index (χ1n) is 7.39. The quantitative estimate of drug-likeness (QED) is 0.486. The van der Waals surface area contributed by atoms with E-state index in [4.69, 9.17) is 9.47 Å². The van der Waals surface area contributed by atoms with Gasteiger partial charge in [-0.15, -0.1) is 0 Å². The van der Waals surface area contributed by atoms with Gasteiger partial charge in [-0.1, -0.05) is 12.8 Å². The van der Waals surface area contributed by atoms with Crippen molar-refractivity contribution >= 4 is 5.97 Å². The summed E-state index contributed by atoms with van der Waals surface area (Å²) >= 11 is 0. The van der Waals surface area contributed by atoms with Crippen molar-refractivity contribution in [3.63, 3.8) is 0 Å². The molecule has 3 nitrogen and oxygen atoms in total. The number of hydrogen-bond donors (Lipinski definition) is 0. The smallest absolute Gasteiger partial charge is 0.389 e. The van der Waals surface area contributed by atoms with Gasteiger partial charge >= 0.3 is 12.1 Å². The molecule has 0 saturated heterocycles. The Labute approximate surface area is 128 Å². The van der Waals surface area contributed by atoms with Gasteiger partial charge in [0.05, 0.1) is 18.8 Å². The van der Waals surface area contributed by atoms with E-state index >= 15 is 0 Å². The van der Waals surface area contributed by atoms with Crippen LogP contribution in [0.25, 0.3) is 0 Å². The molecule has 0 heterocycles. The highest BCUT2D eigenvalue weighted by Crippen LogP contribution is 2.23. The number of ether oxygens (including phenoxy) is 2. The van der Waals surface area contributed by atoms with Crippen molar-refractivity contribution in [2.24, 2.45) is 0 Å². The van der Waals surface area contributed by atoms with Crippen LogP contribution in [-0.2, 0) is 4.74 Å². The molecule has 0 unspecified atom stereocenters. The second-order valence-electron chi connectivity index (χ2n) is 4.87. The Balaban J connectivity index is 2.16. The third-order valence-electron chi connectivity index (χ3n) is 2.99. The lowest BCUT2D eigenvalue weighted by Gasteiger charge is -2.08. The zero-order chi connectivity index (χ0) is 16.4. The molecule has 0 atom stereocenters. The van der Waals surface area contributed by atoms with E-state index < -0.39 is 12.6 Å². The SMILES string of the molecule is CCOC(=O)c1ccc(OCCCCCCC(F)(F)F)cc1. The molecule has 6 heteroatoms. The van der Waals surface area contributed by atoms with Crippen molar-refractivity contribution in [2.75, 3.05) is 13.2 Å². The van der Waals surface area contributed by atoms with Gasteiger partial charge in [-0.05, 0) is 44.0 Å². The van der Waals surface area contributed by atoms with Crippen LogP contribution in [0.5, 0.6) is 5.75 Å². The van der Waals surface area contributed by atoms with Crippen LogP contribution >= 0.6 is 0 Å². The lowest BCUT2D eigenvalue weighted by molar-refractivity contribution is -0.135. The predicted octanol–water partition coefficient (Wildman–Crippen LogP) is 4.75. The number of benzene rings is 1. The lowest BCUT2D eigenvalue weighted by atomic mass is 10.1. The van der Waals surface area contributed by atoms with Crippen molar-refractivity contribution in [2.45, 2.75) is 45.2 Å². The number of alkyl halides is 3. The fraction of sp³-hybridized carbons (Fsp3) is 0.562. The second kappa shape index (κ2) is 9.33. The zero-order valence-electron chi connectivity index (χ0n) is 12.6. The van der Waals surface area contributed by atoms with E-state index in [9.17, 15) is 18.0 Å². The van der Waals surface area contributed by atoms with Gasteiger partial charge in [-0.3, -0.25) is 0 Å². The van der Waals surface area contributed by atoms with E-state index in [2.05, 4.69) is 0 Å². The Bertz CT molecular complexity index is 441. The summed E-state index contributed by atoms with van der Waals surface area (Å²) in [5.74, 6) is 0.252. The predicted molar refractivity (Wildman–Crippen MR) is 77.0 cm³/mol. The Morgan fingerprint density at radius 1 is 1.05 bits per heavy atom. The average Bonchev–Trinajstić information content (AvgIpc) is 2.46. The van der Waals surface area contributed by atoms with Crippen LogP contribution < -0.4 is 4.74 Å². The van der Waals surface area contributed by atoms with E-state index in [1.807, 2.05) is 0 Å². The summed E-state index contributed by atoms with van der Waals surface area (Å²) in [5, 5.41) is 0. The van der Waals surface area contributed by atoms with Gasteiger partial charge in [-0.25, -0.2) is 4.79 Å². The Morgan fingerprint density at radius 2 is 1.68 bits per heavy atom. The van der Waals surface area contributed by atoms with E-state index in [0.717, 1.165) is 0 Å². The van der Waals surface area contributed by atoms with Gasteiger partial charge in [0.2, 0.25) is 0 Å². The van der Waals surface area contributed by atoms with Crippen molar-refractivity contribution in [3.05, 3.63) is 29.8 Å². The highest BCUT2D eigenvalue weighted by Gasteiger charge is 2.25. The summed E-state index contributed by atoms with van der Waals surface area (Å²) in [7, 11) is 0. The maximum atomic E-state index is 11.9. The lowest BCUT2D eigenvalue weighted by Crippen LogP contribution is -2.06. The van der Waals surface area contributed by atoms with Crippen molar-refractivity contribution in [1.29, 1.82) is 0 Å². The van der Waals surface area contributed by atoms with E-state index in [1.54, 1.807) is 31.2 Å². The van der Waals surface area contributed by atoms with Crippen LogP contribution in [-0.4, -0.2) is 25.4 Å². The molecule has 124 valence electrons. The van der Waals surface area contributed by atoms with E-state index in [0.29, 0.717) is 43.8 Å². The zero-order valence-corrected chi connectivity index (χ0v) is 12.6. The van der Waals surface area contributed by atoms with Crippen LogP contribution in [0, 0.1) is 0 Å². The largest absolute Gasteiger partial charge is 0.494 e. The third-order valence-corrected chi connectivity index (χ3v) is 2.99. The summed E-state index contributed by atoms with van der Waals surface area (Å²) in [6.07, 6.45) is -2.66. The Kier molecular flexibility index (Phi) is 7.77. The van der Waals surface area contributed by atoms with Gasteiger partial charge in [0, 0.05) is 6.42 Å². The van der Waals surface area contributed by atoms with Crippen LogP contribution in [0.15, 0.2) is 24.3 Å². The van der Waals surface area contributed by atoms with Gasteiger partial charge in [-0.2, -0.15) is 13.2 Å². The van der Waals surface area contributed by atoms with Gasteiger partial charge < -0.3 is 9.47 Å². The minimum atomic E-state index is -4.06. The van der Waals surface area contributed by atoms with Crippen molar-refractivity contribution in [3.8, 4) is 5.75 Å². The first-order valence-corrected chi connectivity index (χ1v) is 7.39. The summed E-state index contributed by atoms with van der Waals surface area (Å²) < 4.78 is 46.1. The number of carbonyl (C=O) groups excluding carboxylic acids is 1. The first-order chi connectivity index (χ1) is 10.4. The number of unbranched alkanes of at least 4 members (excludes halogenated alkanes) is 3. The molecule has 1 rings (SSSR count). The highest BCUT2D eigenvalue weighted by molar-refractivity contribution is 5.89. The fourth-order valence-corrected chi connectivity index (χ4v) is 1.87. The molecular formula is C16H21F3O3. The second-order valence-corrected chi connectivity index (χ2v) is 4.87. The molecule has 0 aliphatic heterocycles. The Hall–Kier alpha value is -1.72. The van der Waals surface area contributed by atoms with E-state index in [1.165, 1.54) is 0 Å². The standard InChI is InChI=1S/C16H21F3O3/c1-2-21-15(20)13-7-9-14(10-8-13)22-12-6-4-3-5-11-16(17,18)19/h7-10H,2-6,11-12H2,1H3. The molecule has 0 radical (unpaired) electrons. The van der Waals surface area contributed by atoms with Gasteiger partial charge in [0.25, 0.3) is 0 Å². The molecule has 0 bridgehead atoms. The first kappa shape index (κ1) is 18.3. The highest BCUT2D eigenvalue weighted by atomic mass is 19.4. The number of esters is 1. The molecule has 0 aliphatic rings. The number of carbonyl (C=O) groups is 1. The molecule has 0 aliphatic carbocycles. The maximum Gasteiger partial charge on any atom is 0.389 e. The minimum absolute atomic E-state index is 0.164. The molecule has 1 aromatic carbocycles. The van der Waals surface area contributed by atoms with Crippen molar-refractivity contribution < 1.29 is 27.4 Å². The molecule has 0 spiro atoms. The van der Waals surface area contributed by atoms with Gasteiger partial charge in [0.1, 0.15) is 5.75 Å². The molecule has 22 heavy (non-hydrogen) atoms. The average molecular weight is 318 g/mol. The van der Waals surface area contributed by atoms with E-state index in [-0.39, 0.29) is 12.4 Å². The molecule has 0 amide bonds. The number of rotatable bonds is 9. The normalized spacial score (nSPS) is 11.3. The summed E-state index contributed by atoms with van der Waals surface area (Å²) in [4.78, 5) is 11.4. The monoisotopic (exact) mass is 318 g/mol. The molecule has 1 aromatic rings. The van der Waals surface area contributed by atoms with Crippen LogP contribution in [0.1, 0.15) is 49.4 Å². The van der Waals surface area contributed by atoms with Crippen LogP contribution in [0.3, 0.4) is 0 Å². The topological polar surface area (TPSA) is 35.5 Å². The van der Waals surface area contributed by atoms with Crippen molar-refractivity contribution in [1.82, 2.24) is 0 Å². The molecule has 0 aromatic heterocycles. The minimum Gasteiger partial charge on any atom is -0.494 e. The number of halogens is 3. The number of hydrogen-bond acceptors (Lipinski definition) is 3. The molecule has 0 saturated carbocycles. The Morgan fingerprint density at radius 3 is 2.27 bits per heavy atom. The summed E-state index contributed by atoms with van der Waals surface area (Å²) in [6.45, 7) is 2.51. The fourth-order valence-electron chi connectivity index (χ4n) is 1.87. The molecular weight excluding hydrogens is 297 g/mol. The molecule has 0 N–H and O–H groups in total.